The molecule has 3 amide bonds. The molecule has 1 saturated heterocycles. The molecule has 5 nitrogen and oxygen atoms in total. The van der Waals surface area contributed by atoms with E-state index in [0.717, 1.165) is 4.90 Å². The highest BCUT2D eigenvalue weighted by molar-refractivity contribution is 7.99. The van der Waals surface area contributed by atoms with Crippen LogP contribution in [0.1, 0.15) is 20.8 Å². The molecule has 0 bridgehead atoms. The Morgan fingerprint density at radius 2 is 1.92 bits per heavy atom. The molecule has 1 heterocycles. The van der Waals surface area contributed by atoms with Crippen LogP contribution in [0.25, 0.3) is 0 Å². The van der Waals surface area contributed by atoms with E-state index in [1.807, 2.05) is 44.2 Å². The van der Waals surface area contributed by atoms with Crippen LogP contribution in [0.2, 0.25) is 0 Å². The largest absolute Gasteiger partial charge is 0.393 e. The lowest BCUT2D eigenvalue weighted by atomic mass is 10.00. The monoisotopic (exact) mass is 350 g/mol. The Balaban J connectivity index is 2.14. The summed E-state index contributed by atoms with van der Waals surface area (Å²) < 4.78 is 0. The average Bonchev–Trinajstić information content (AvgIpc) is 2.84. The van der Waals surface area contributed by atoms with E-state index in [1.165, 1.54) is 16.7 Å². The van der Waals surface area contributed by atoms with E-state index in [4.69, 9.17) is 0 Å². The van der Waals surface area contributed by atoms with Gasteiger partial charge in [0.1, 0.15) is 0 Å². The summed E-state index contributed by atoms with van der Waals surface area (Å²) in [7, 11) is 1.71. The Kier molecular flexibility index (Phi) is 6.29. The first-order valence-corrected chi connectivity index (χ1v) is 9.25. The zero-order valence-electron chi connectivity index (χ0n) is 14.7. The molecule has 3 atom stereocenters. The minimum atomic E-state index is -0.805. The van der Waals surface area contributed by atoms with Gasteiger partial charge in [-0.1, -0.05) is 32.0 Å². The van der Waals surface area contributed by atoms with E-state index < -0.39 is 12.0 Å². The number of thioether (sulfide) groups is 1. The van der Waals surface area contributed by atoms with Gasteiger partial charge in [-0.3, -0.25) is 9.69 Å². The molecular weight excluding hydrogens is 324 g/mol. The van der Waals surface area contributed by atoms with Crippen LogP contribution < -0.4 is 0 Å². The minimum absolute atomic E-state index is 0.141. The second kappa shape index (κ2) is 8.03. The Hall–Kier alpha value is -1.53. The minimum Gasteiger partial charge on any atom is -0.393 e. The molecule has 1 fully saturated rings. The van der Waals surface area contributed by atoms with Crippen molar-refractivity contribution in [2.45, 2.75) is 37.8 Å². The number of aliphatic hydroxyl groups is 1. The van der Waals surface area contributed by atoms with Crippen LogP contribution in [0, 0.1) is 11.8 Å². The number of hydrogen-bond acceptors (Lipinski definition) is 4. The van der Waals surface area contributed by atoms with E-state index in [1.54, 1.807) is 18.9 Å². The molecule has 0 aliphatic carbocycles. The lowest BCUT2D eigenvalue weighted by Gasteiger charge is -2.29. The predicted octanol–water partition coefficient (Wildman–Crippen LogP) is 2.69. The summed E-state index contributed by atoms with van der Waals surface area (Å²) in [5.41, 5.74) is 0. The quantitative estimate of drug-likeness (QED) is 0.802. The van der Waals surface area contributed by atoms with Gasteiger partial charge in [0.05, 0.1) is 18.1 Å². The Morgan fingerprint density at radius 1 is 1.29 bits per heavy atom. The molecule has 24 heavy (non-hydrogen) atoms. The topological polar surface area (TPSA) is 60.9 Å². The summed E-state index contributed by atoms with van der Waals surface area (Å²) in [6.07, 6.45) is -0.805. The number of urea groups is 1. The third-order valence-electron chi connectivity index (χ3n) is 4.40. The van der Waals surface area contributed by atoms with Crippen molar-refractivity contribution >= 4 is 23.7 Å². The fraction of sp³-hybridized carbons (Fsp3) is 0.556. The molecule has 1 aromatic carbocycles. The maximum absolute atomic E-state index is 13.0. The maximum Gasteiger partial charge on any atom is 0.326 e. The first kappa shape index (κ1) is 18.8. The summed E-state index contributed by atoms with van der Waals surface area (Å²) in [6, 6.07) is 9.35. The molecule has 0 radical (unpaired) electrons. The molecule has 0 saturated carbocycles. The summed E-state index contributed by atoms with van der Waals surface area (Å²) in [5, 5.41) is 10.1. The van der Waals surface area contributed by atoms with Gasteiger partial charge in [0.15, 0.2) is 0 Å². The maximum atomic E-state index is 13.0. The molecule has 6 heteroatoms. The van der Waals surface area contributed by atoms with Gasteiger partial charge in [-0.2, -0.15) is 0 Å². The lowest BCUT2D eigenvalue weighted by molar-refractivity contribution is -0.136. The fourth-order valence-corrected chi connectivity index (χ4v) is 3.97. The van der Waals surface area contributed by atoms with Crippen molar-refractivity contribution in [3.63, 3.8) is 0 Å². The molecule has 2 rings (SSSR count). The molecule has 1 N–H and O–H groups in total. The van der Waals surface area contributed by atoms with Crippen LogP contribution in [0.5, 0.6) is 0 Å². The van der Waals surface area contributed by atoms with Gasteiger partial charge in [-0.05, 0) is 25.0 Å². The first-order chi connectivity index (χ1) is 11.3. The summed E-state index contributed by atoms with van der Waals surface area (Å²) in [4.78, 5) is 29.4. The second-order valence-corrected chi connectivity index (χ2v) is 7.75. The van der Waals surface area contributed by atoms with Crippen LogP contribution in [0.15, 0.2) is 35.2 Å². The van der Waals surface area contributed by atoms with Crippen molar-refractivity contribution in [3.8, 4) is 0 Å². The fourth-order valence-electron chi connectivity index (χ4n) is 2.83. The van der Waals surface area contributed by atoms with E-state index in [9.17, 15) is 14.7 Å². The smallest absolute Gasteiger partial charge is 0.326 e. The summed E-state index contributed by atoms with van der Waals surface area (Å²) in [6.45, 7) is 6.17. The van der Waals surface area contributed by atoms with E-state index in [-0.39, 0.29) is 23.9 Å². The van der Waals surface area contributed by atoms with Crippen LogP contribution in [0.4, 0.5) is 4.79 Å². The second-order valence-electron chi connectivity index (χ2n) is 6.65. The third-order valence-corrected chi connectivity index (χ3v) is 5.54. The molecule has 1 aromatic rings. The number of carbonyl (C=O) groups excluding carboxylic acids is 2. The number of imide groups is 1. The van der Waals surface area contributed by atoms with Crippen LogP contribution >= 0.6 is 11.8 Å². The number of benzene rings is 1. The highest BCUT2D eigenvalue weighted by Crippen LogP contribution is 2.28. The van der Waals surface area contributed by atoms with Gasteiger partial charge in [-0.25, -0.2) is 4.79 Å². The molecule has 0 spiro atoms. The number of likely N-dealkylation sites (N-methyl/N-ethyl adjacent to an activating group) is 1. The highest BCUT2D eigenvalue weighted by atomic mass is 32.2. The Bertz CT molecular complexity index is 577. The van der Waals surface area contributed by atoms with Crippen molar-refractivity contribution in [3.05, 3.63) is 30.3 Å². The van der Waals surface area contributed by atoms with Crippen molar-refractivity contribution in [2.75, 3.05) is 19.3 Å². The van der Waals surface area contributed by atoms with Crippen LogP contribution in [-0.2, 0) is 4.79 Å². The van der Waals surface area contributed by atoms with Gasteiger partial charge in [0.2, 0.25) is 5.91 Å². The molecular formula is C18H26N2O3S. The molecule has 1 aliphatic rings. The number of rotatable bonds is 6. The average molecular weight is 350 g/mol. The number of carbonyl (C=O) groups is 2. The predicted molar refractivity (Wildman–Crippen MR) is 95.8 cm³/mol. The number of amides is 3. The summed E-state index contributed by atoms with van der Waals surface area (Å²) >= 11 is 1.52. The van der Waals surface area contributed by atoms with Gasteiger partial charge in [0, 0.05) is 24.2 Å². The molecule has 1 aliphatic heterocycles. The standard InChI is InChI=1S/C18H26N2O3S/c1-12(2)16-10-19(4)18(23)20(16)17(22)15(13(3)21)11-24-14-8-6-5-7-9-14/h5-9,12-13,15-16,21H,10-11H2,1-4H3/t13-,15+,16-/m1/s1. The normalized spacial score (nSPS) is 20.6. The first-order valence-electron chi connectivity index (χ1n) is 8.27. The van der Waals surface area contributed by atoms with E-state index >= 15 is 0 Å². The van der Waals surface area contributed by atoms with Crippen molar-refractivity contribution in [1.29, 1.82) is 0 Å². The molecule has 0 unspecified atom stereocenters. The Labute approximate surface area is 148 Å². The molecule has 132 valence electrons. The van der Waals surface area contributed by atoms with E-state index in [0.29, 0.717) is 12.3 Å². The third kappa shape index (κ3) is 4.11. The van der Waals surface area contributed by atoms with Gasteiger partial charge >= 0.3 is 6.03 Å². The highest BCUT2D eigenvalue weighted by Gasteiger charge is 2.44. The molecule has 0 aromatic heterocycles. The van der Waals surface area contributed by atoms with E-state index in [2.05, 4.69) is 0 Å². The number of hydrogen-bond donors (Lipinski definition) is 1. The van der Waals surface area contributed by atoms with Crippen LogP contribution in [0.3, 0.4) is 0 Å². The van der Waals surface area contributed by atoms with Crippen molar-refractivity contribution in [1.82, 2.24) is 9.80 Å². The van der Waals surface area contributed by atoms with Crippen molar-refractivity contribution < 1.29 is 14.7 Å². The van der Waals surface area contributed by atoms with Gasteiger partial charge < -0.3 is 10.0 Å². The zero-order valence-corrected chi connectivity index (χ0v) is 15.5. The number of aliphatic hydroxyl groups excluding tert-OH is 1. The van der Waals surface area contributed by atoms with Gasteiger partial charge in [0.25, 0.3) is 0 Å². The summed E-state index contributed by atoms with van der Waals surface area (Å²) in [5.74, 6) is -0.258. The number of nitrogens with zero attached hydrogens (tertiary/aromatic N) is 2. The lowest BCUT2D eigenvalue weighted by Crippen LogP contribution is -2.48. The van der Waals surface area contributed by atoms with Crippen molar-refractivity contribution in [2.24, 2.45) is 11.8 Å². The SMILES string of the molecule is CC(C)[C@H]1CN(C)C(=O)N1C(=O)[C@@H](CSc1ccccc1)[C@@H](C)O. The zero-order chi connectivity index (χ0) is 17.9. The van der Waals surface area contributed by atoms with Crippen LogP contribution in [-0.4, -0.2) is 58.3 Å². The Morgan fingerprint density at radius 3 is 2.46 bits per heavy atom. The van der Waals surface area contributed by atoms with Gasteiger partial charge in [-0.15, -0.1) is 11.8 Å².